The van der Waals surface area contributed by atoms with Crippen molar-refractivity contribution >= 4 is 18.0 Å². The molecule has 0 radical (unpaired) electrons. The van der Waals surface area contributed by atoms with Gasteiger partial charge in [0.1, 0.15) is 5.60 Å². The lowest BCUT2D eigenvalue weighted by molar-refractivity contribution is -0.162. The van der Waals surface area contributed by atoms with Gasteiger partial charge < -0.3 is 19.7 Å². The summed E-state index contributed by atoms with van der Waals surface area (Å²) in [4.78, 5) is 42.3. The number of rotatable bonds is 6. The highest BCUT2D eigenvalue weighted by Crippen LogP contribution is 2.37. The molecule has 2 saturated heterocycles. The third-order valence-corrected chi connectivity index (χ3v) is 6.92. The van der Waals surface area contributed by atoms with Crippen molar-refractivity contribution in [3.05, 3.63) is 0 Å². The molecule has 3 rings (SSSR count). The number of hydrogen-bond acceptors (Lipinski definition) is 6. The largest absolute Gasteiger partial charge is 0.466 e. The molecule has 32 heavy (non-hydrogen) atoms. The second kappa shape index (κ2) is 10.4. The van der Waals surface area contributed by atoms with Gasteiger partial charge in [-0.2, -0.15) is 0 Å². The van der Waals surface area contributed by atoms with Crippen LogP contribution < -0.4 is 5.32 Å². The van der Waals surface area contributed by atoms with Crippen molar-refractivity contribution in [2.75, 3.05) is 32.8 Å². The average Bonchev–Trinajstić information content (AvgIpc) is 2.70. The maximum atomic E-state index is 13.0. The molecule has 0 aromatic carbocycles. The summed E-state index contributed by atoms with van der Waals surface area (Å²) in [6.07, 6.45) is 6.36. The van der Waals surface area contributed by atoms with Gasteiger partial charge in [0.2, 0.25) is 5.91 Å². The Bertz CT molecular complexity index is 680. The van der Waals surface area contributed by atoms with Crippen LogP contribution in [0.2, 0.25) is 0 Å². The lowest BCUT2D eigenvalue weighted by atomic mass is 9.75. The zero-order chi connectivity index (χ0) is 23.4. The standard InChI is InChI=1S/C24H41N3O5/c1-5-31-21(29)24(16-20(28)25-18-8-6-9-18)12-7-13-27(17-24)19-10-14-26(15-11-19)22(30)32-23(2,3)4/h18-19H,5-17H2,1-4H3,(H,25,28). The van der Waals surface area contributed by atoms with Crippen LogP contribution >= 0.6 is 0 Å². The van der Waals surface area contributed by atoms with Crippen molar-refractivity contribution in [1.82, 2.24) is 15.1 Å². The highest BCUT2D eigenvalue weighted by atomic mass is 16.6. The van der Waals surface area contributed by atoms with E-state index in [4.69, 9.17) is 9.47 Å². The summed E-state index contributed by atoms with van der Waals surface area (Å²) in [5.41, 5.74) is -1.29. The summed E-state index contributed by atoms with van der Waals surface area (Å²) < 4.78 is 11.0. The van der Waals surface area contributed by atoms with Crippen LogP contribution in [0.3, 0.4) is 0 Å². The van der Waals surface area contributed by atoms with Crippen LogP contribution in [-0.4, -0.2) is 78.2 Å². The van der Waals surface area contributed by atoms with Crippen LogP contribution in [0.25, 0.3) is 0 Å². The van der Waals surface area contributed by atoms with E-state index in [1.165, 1.54) is 0 Å². The number of piperidine rings is 2. The molecule has 2 heterocycles. The number of nitrogens with one attached hydrogen (secondary N) is 1. The van der Waals surface area contributed by atoms with Crippen molar-refractivity contribution in [2.24, 2.45) is 5.41 Å². The van der Waals surface area contributed by atoms with E-state index in [2.05, 4.69) is 10.2 Å². The second-order valence-electron chi connectivity index (χ2n) is 10.6. The molecule has 0 aromatic rings. The first-order valence-electron chi connectivity index (χ1n) is 12.3. The van der Waals surface area contributed by atoms with E-state index in [-0.39, 0.29) is 36.5 Å². The molecule has 8 heteroatoms. The average molecular weight is 452 g/mol. The minimum atomic E-state index is -0.787. The zero-order valence-electron chi connectivity index (χ0n) is 20.3. The summed E-state index contributed by atoms with van der Waals surface area (Å²) in [5.74, 6) is -0.288. The highest BCUT2D eigenvalue weighted by Gasteiger charge is 2.47. The Morgan fingerprint density at radius 2 is 1.72 bits per heavy atom. The molecular formula is C24H41N3O5. The molecular weight excluding hydrogens is 410 g/mol. The number of carbonyl (C=O) groups is 3. The second-order valence-corrected chi connectivity index (χ2v) is 10.6. The Morgan fingerprint density at radius 3 is 2.28 bits per heavy atom. The number of nitrogens with zero attached hydrogens (tertiary/aromatic N) is 2. The molecule has 0 aromatic heterocycles. The lowest BCUT2D eigenvalue weighted by Gasteiger charge is -2.46. The first-order chi connectivity index (χ1) is 15.1. The van der Waals surface area contributed by atoms with Crippen LogP contribution in [0.1, 0.15) is 79.1 Å². The number of hydrogen-bond donors (Lipinski definition) is 1. The fourth-order valence-electron chi connectivity index (χ4n) is 5.03. The van der Waals surface area contributed by atoms with Gasteiger partial charge in [0.15, 0.2) is 0 Å². The van der Waals surface area contributed by atoms with E-state index in [1.807, 2.05) is 27.7 Å². The molecule has 1 atom stereocenters. The summed E-state index contributed by atoms with van der Waals surface area (Å²) in [5, 5.41) is 3.09. The topological polar surface area (TPSA) is 88.2 Å². The smallest absolute Gasteiger partial charge is 0.410 e. The number of likely N-dealkylation sites (tertiary alicyclic amines) is 2. The van der Waals surface area contributed by atoms with Crippen LogP contribution in [-0.2, 0) is 19.1 Å². The fourth-order valence-corrected chi connectivity index (χ4v) is 5.03. The van der Waals surface area contributed by atoms with E-state index < -0.39 is 11.0 Å². The third-order valence-electron chi connectivity index (χ3n) is 6.92. The van der Waals surface area contributed by atoms with Gasteiger partial charge in [0.05, 0.1) is 12.0 Å². The first kappa shape index (κ1) is 24.8. The van der Waals surface area contributed by atoms with Crippen molar-refractivity contribution in [1.29, 1.82) is 0 Å². The Hall–Kier alpha value is -1.83. The molecule has 3 fully saturated rings. The summed E-state index contributed by atoms with van der Waals surface area (Å²) >= 11 is 0. The number of carbonyl (C=O) groups excluding carboxylic acids is 3. The van der Waals surface area contributed by atoms with Crippen LogP contribution in [0.15, 0.2) is 0 Å². The van der Waals surface area contributed by atoms with Gasteiger partial charge in [-0.1, -0.05) is 0 Å². The van der Waals surface area contributed by atoms with Gasteiger partial charge in [0.25, 0.3) is 0 Å². The number of esters is 1. The maximum absolute atomic E-state index is 13.0. The van der Waals surface area contributed by atoms with Gasteiger partial charge in [-0.05, 0) is 79.2 Å². The lowest BCUT2D eigenvalue weighted by Crippen LogP contribution is -2.56. The quantitative estimate of drug-likeness (QED) is 0.625. The summed E-state index contributed by atoms with van der Waals surface area (Å²) in [6, 6.07) is 0.552. The first-order valence-corrected chi connectivity index (χ1v) is 12.3. The molecule has 0 bridgehead atoms. The molecule has 1 N–H and O–H groups in total. The number of amides is 2. The Morgan fingerprint density at radius 1 is 1.03 bits per heavy atom. The van der Waals surface area contributed by atoms with E-state index in [9.17, 15) is 14.4 Å². The fraction of sp³-hybridized carbons (Fsp3) is 0.875. The number of ether oxygens (including phenoxy) is 2. The third kappa shape index (κ3) is 6.36. The van der Waals surface area contributed by atoms with E-state index in [1.54, 1.807) is 4.90 Å². The summed E-state index contributed by atoms with van der Waals surface area (Å²) in [7, 11) is 0. The molecule has 182 valence electrons. The minimum Gasteiger partial charge on any atom is -0.466 e. The molecule has 2 aliphatic heterocycles. The van der Waals surface area contributed by atoms with Crippen LogP contribution in [0.4, 0.5) is 4.79 Å². The Labute approximate surface area is 192 Å². The molecule has 1 unspecified atom stereocenters. The Balaban J connectivity index is 1.61. The van der Waals surface area contributed by atoms with Crippen molar-refractivity contribution in [3.63, 3.8) is 0 Å². The molecule has 3 aliphatic rings. The van der Waals surface area contributed by atoms with Crippen LogP contribution in [0, 0.1) is 5.41 Å². The van der Waals surface area contributed by atoms with Gasteiger partial charge in [-0.15, -0.1) is 0 Å². The minimum absolute atomic E-state index is 0.0376. The van der Waals surface area contributed by atoms with Crippen LogP contribution in [0.5, 0.6) is 0 Å². The molecule has 2 amide bonds. The van der Waals surface area contributed by atoms with Crippen molar-refractivity contribution < 1.29 is 23.9 Å². The van der Waals surface area contributed by atoms with E-state index in [0.717, 1.165) is 45.1 Å². The van der Waals surface area contributed by atoms with Crippen molar-refractivity contribution in [3.8, 4) is 0 Å². The monoisotopic (exact) mass is 451 g/mol. The highest BCUT2D eigenvalue weighted by molar-refractivity contribution is 5.86. The van der Waals surface area contributed by atoms with Gasteiger partial charge >= 0.3 is 12.1 Å². The predicted octanol–water partition coefficient (Wildman–Crippen LogP) is 3.09. The van der Waals surface area contributed by atoms with Crippen molar-refractivity contribution in [2.45, 2.75) is 96.7 Å². The molecule has 0 spiro atoms. The summed E-state index contributed by atoms with van der Waals surface area (Å²) in [6.45, 7) is 10.5. The van der Waals surface area contributed by atoms with Gasteiger partial charge in [-0.3, -0.25) is 14.5 Å². The van der Waals surface area contributed by atoms with E-state index in [0.29, 0.717) is 32.7 Å². The zero-order valence-corrected chi connectivity index (χ0v) is 20.3. The van der Waals surface area contributed by atoms with Gasteiger partial charge in [-0.25, -0.2) is 4.79 Å². The van der Waals surface area contributed by atoms with E-state index >= 15 is 0 Å². The predicted molar refractivity (Wildman–Crippen MR) is 121 cm³/mol. The molecule has 1 saturated carbocycles. The molecule has 1 aliphatic carbocycles. The normalized spacial score (nSPS) is 25.7. The Kier molecular flexibility index (Phi) is 8.06. The maximum Gasteiger partial charge on any atom is 0.410 e. The molecule has 8 nitrogen and oxygen atoms in total. The SMILES string of the molecule is CCOC(=O)C1(CC(=O)NC2CCC2)CCCN(C2CCN(C(=O)OC(C)(C)C)CC2)C1. The van der Waals surface area contributed by atoms with Gasteiger partial charge in [0, 0.05) is 38.1 Å².